The Labute approximate surface area is 256 Å². The Morgan fingerprint density at radius 2 is 1.53 bits per heavy atom. The lowest BCUT2D eigenvalue weighted by molar-refractivity contribution is -0.152. The first-order valence-electron chi connectivity index (χ1n) is 13.8. The Hall–Kier alpha value is -5.56. The third-order valence-corrected chi connectivity index (χ3v) is 5.96. The molecule has 1 aromatic heterocycles. The van der Waals surface area contributed by atoms with Gasteiger partial charge in [-0.15, -0.1) is 0 Å². The third-order valence-electron chi connectivity index (χ3n) is 5.96. The SMILES string of the molecule is C=C(CCCN=[N+]=[N-])OC(C)c1cc(=O)oc2c(OCCCC(=O)OCCOC(=O)CCCN=[N+]=[N-])c(OC)c(N=[N+]=[N-])cc12. The van der Waals surface area contributed by atoms with E-state index in [9.17, 15) is 14.4 Å². The van der Waals surface area contributed by atoms with E-state index >= 15 is 0 Å². The summed E-state index contributed by atoms with van der Waals surface area (Å²) in [5.74, 6) is -0.653. The van der Waals surface area contributed by atoms with Crippen molar-refractivity contribution < 1.29 is 37.7 Å². The number of hydrogen-bond acceptors (Lipinski definition) is 12. The summed E-state index contributed by atoms with van der Waals surface area (Å²) in [4.78, 5) is 44.4. The predicted octanol–water partition coefficient (Wildman–Crippen LogP) is 6.76. The number of carbonyl (C=O) groups excluding carboxylic acids is 2. The van der Waals surface area contributed by atoms with E-state index in [-0.39, 0.29) is 74.9 Å². The molecule has 0 fully saturated rings. The fourth-order valence-corrected chi connectivity index (χ4v) is 4.00. The highest BCUT2D eigenvalue weighted by Gasteiger charge is 2.23. The van der Waals surface area contributed by atoms with E-state index < -0.39 is 23.7 Å². The molecule has 0 saturated heterocycles. The monoisotopic (exact) mass is 627 g/mol. The Kier molecular flexibility index (Phi) is 15.5. The zero-order valence-corrected chi connectivity index (χ0v) is 24.9. The van der Waals surface area contributed by atoms with Crippen LogP contribution in [-0.4, -0.2) is 52.0 Å². The first-order valence-corrected chi connectivity index (χ1v) is 13.8. The first kappa shape index (κ1) is 35.6. The first-order chi connectivity index (χ1) is 21.7. The van der Waals surface area contributed by atoms with Crippen LogP contribution in [0.1, 0.15) is 57.1 Å². The summed E-state index contributed by atoms with van der Waals surface area (Å²) in [6.45, 7) is 5.74. The number of allylic oxidation sites excluding steroid dienone is 1. The number of methoxy groups -OCH3 is 1. The van der Waals surface area contributed by atoms with Crippen molar-refractivity contribution in [3.8, 4) is 11.5 Å². The molecule has 0 spiro atoms. The highest BCUT2D eigenvalue weighted by atomic mass is 16.6. The van der Waals surface area contributed by atoms with Crippen molar-refractivity contribution in [2.24, 2.45) is 15.3 Å². The van der Waals surface area contributed by atoms with Gasteiger partial charge in [0.05, 0.1) is 25.2 Å². The molecule has 0 aliphatic rings. The number of nitrogens with zero attached hydrogens (tertiary/aromatic N) is 9. The molecule has 2 aromatic rings. The van der Waals surface area contributed by atoms with E-state index in [1.54, 1.807) is 6.92 Å². The summed E-state index contributed by atoms with van der Waals surface area (Å²) in [6, 6.07) is 2.72. The van der Waals surface area contributed by atoms with E-state index in [2.05, 4.69) is 36.7 Å². The van der Waals surface area contributed by atoms with Gasteiger partial charge in [-0.1, -0.05) is 21.9 Å². The van der Waals surface area contributed by atoms with Gasteiger partial charge < -0.3 is 28.1 Å². The molecule has 0 saturated carbocycles. The number of hydrogen-bond donors (Lipinski definition) is 0. The summed E-state index contributed by atoms with van der Waals surface area (Å²) in [5, 5.41) is 10.8. The van der Waals surface area contributed by atoms with Crippen LogP contribution in [0, 0.1) is 0 Å². The molecule has 0 N–H and O–H groups in total. The second-order valence-corrected chi connectivity index (χ2v) is 9.15. The second-order valence-electron chi connectivity index (χ2n) is 9.15. The van der Waals surface area contributed by atoms with Crippen molar-refractivity contribution in [1.82, 2.24) is 0 Å². The number of carbonyl (C=O) groups is 2. The Morgan fingerprint density at radius 3 is 2.13 bits per heavy atom. The van der Waals surface area contributed by atoms with E-state index in [0.29, 0.717) is 36.0 Å². The molecular formula is C27H33N9O9. The van der Waals surface area contributed by atoms with Gasteiger partial charge in [0.1, 0.15) is 19.3 Å². The van der Waals surface area contributed by atoms with E-state index in [4.69, 9.17) is 44.7 Å². The smallest absolute Gasteiger partial charge is 0.336 e. The van der Waals surface area contributed by atoms with Crippen LogP contribution in [0.2, 0.25) is 0 Å². The number of esters is 2. The number of fused-ring (bicyclic) bond motifs is 1. The minimum Gasteiger partial charge on any atom is -0.492 e. The van der Waals surface area contributed by atoms with Crippen LogP contribution in [0.3, 0.4) is 0 Å². The van der Waals surface area contributed by atoms with Crippen molar-refractivity contribution in [3.05, 3.63) is 71.8 Å². The second kappa shape index (κ2) is 19.6. The minimum atomic E-state index is -0.703. The molecule has 240 valence electrons. The van der Waals surface area contributed by atoms with Crippen molar-refractivity contribution in [1.29, 1.82) is 0 Å². The van der Waals surface area contributed by atoms with Gasteiger partial charge in [0.2, 0.25) is 5.75 Å². The maximum Gasteiger partial charge on any atom is 0.336 e. The summed E-state index contributed by atoms with van der Waals surface area (Å²) in [5.41, 5.74) is 25.6. The van der Waals surface area contributed by atoms with Crippen molar-refractivity contribution in [3.63, 3.8) is 0 Å². The Morgan fingerprint density at radius 1 is 0.911 bits per heavy atom. The molecule has 1 unspecified atom stereocenters. The molecular weight excluding hydrogens is 594 g/mol. The van der Waals surface area contributed by atoms with Gasteiger partial charge in [0.15, 0.2) is 11.3 Å². The molecule has 18 heteroatoms. The lowest BCUT2D eigenvalue weighted by Gasteiger charge is -2.20. The quantitative estimate of drug-likeness (QED) is 0.0269. The lowest BCUT2D eigenvalue weighted by atomic mass is 10.0. The van der Waals surface area contributed by atoms with Crippen LogP contribution < -0.4 is 15.1 Å². The zero-order chi connectivity index (χ0) is 33.0. The zero-order valence-electron chi connectivity index (χ0n) is 24.9. The standard InChI is InChI=1S/C27H33N9O9/c1-17(7-4-10-31-34-28)44-18(2)19-16-24(39)45-25-20(19)15-21(33-36-30)26(40-3)27(25)43-12-6-9-23(38)42-14-13-41-22(37)8-5-11-32-35-29/h15-16,18H,1,4-14H2,2-3H3. The topological polar surface area (TPSA) is 257 Å². The largest absolute Gasteiger partial charge is 0.492 e. The van der Waals surface area contributed by atoms with Crippen molar-refractivity contribution in [2.75, 3.05) is 40.0 Å². The molecule has 0 aliphatic carbocycles. The van der Waals surface area contributed by atoms with Crippen LogP contribution in [0.25, 0.3) is 42.3 Å². The van der Waals surface area contributed by atoms with E-state index in [1.807, 2.05) is 0 Å². The van der Waals surface area contributed by atoms with Gasteiger partial charge in [-0.25, -0.2) is 4.79 Å². The highest BCUT2D eigenvalue weighted by molar-refractivity contribution is 5.92. The fourth-order valence-electron chi connectivity index (χ4n) is 4.00. The van der Waals surface area contributed by atoms with Crippen LogP contribution >= 0.6 is 0 Å². The Balaban J connectivity index is 2.10. The normalized spacial score (nSPS) is 10.8. The van der Waals surface area contributed by atoms with Crippen LogP contribution in [-0.2, 0) is 23.8 Å². The molecule has 45 heavy (non-hydrogen) atoms. The summed E-state index contributed by atoms with van der Waals surface area (Å²) < 4.78 is 32.7. The molecule has 1 heterocycles. The summed E-state index contributed by atoms with van der Waals surface area (Å²) in [6.07, 6.45) is 0.825. The van der Waals surface area contributed by atoms with Gasteiger partial charge >= 0.3 is 17.6 Å². The van der Waals surface area contributed by atoms with Gasteiger partial charge in [-0.2, -0.15) is 0 Å². The average molecular weight is 628 g/mol. The van der Waals surface area contributed by atoms with E-state index in [0.717, 1.165) is 0 Å². The highest BCUT2D eigenvalue weighted by Crippen LogP contribution is 2.45. The van der Waals surface area contributed by atoms with E-state index in [1.165, 1.54) is 19.2 Å². The minimum absolute atomic E-state index is 0.0134. The van der Waals surface area contributed by atoms with Crippen molar-refractivity contribution >= 4 is 28.6 Å². The fraction of sp³-hybridized carbons (Fsp3) is 0.519. The number of benzene rings is 1. The van der Waals surface area contributed by atoms with Gasteiger partial charge in [-0.3, -0.25) is 9.59 Å². The van der Waals surface area contributed by atoms with Gasteiger partial charge in [0, 0.05) is 64.1 Å². The van der Waals surface area contributed by atoms with Crippen LogP contribution in [0.5, 0.6) is 11.5 Å². The molecule has 0 bridgehead atoms. The third kappa shape index (κ3) is 11.9. The maximum atomic E-state index is 12.6. The maximum absolute atomic E-state index is 12.6. The average Bonchev–Trinajstić information content (AvgIpc) is 3.01. The van der Waals surface area contributed by atoms with Crippen molar-refractivity contribution in [2.45, 2.75) is 51.6 Å². The van der Waals surface area contributed by atoms with Gasteiger partial charge in [-0.05, 0) is 48.8 Å². The molecule has 0 amide bonds. The van der Waals surface area contributed by atoms with Gasteiger partial charge in [0.25, 0.3) is 0 Å². The van der Waals surface area contributed by atoms with Crippen LogP contribution in [0.15, 0.2) is 49.0 Å². The Bertz CT molecular complexity index is 1560. The molecule has 0 radical (unpaired) electrons. The molecule has 18 nitrogen and oxygen atoms in total. The lowest BCUT2D eigenvalue weighted by Crippen LogP contribution is -2.14. The van der Waals surface area contributed by atoms with Crippen LogP contribution in [0.4, 0.5) is 5.69 Å². The molecule has 1 atom stereocenters. The molecule has 2 rings (SSSR count). The summed E-state index contributed by atoms with van der Waals surface area (Å²) >= 11 is 0. The number of ether oxygens (including phenoxy) is 5. The number of azide groups is 3. The molecule has 0 aliphatic heterocycles. The summed E-state index contributed by atoms with van der Waals surface area (Å²) in [7, 11) is 1.32. The number of rotatable bonds is 21. The molecule has 1 aromatic carbocycles. The predicted molar refractivity (Wildman–Crippen MR) is 160 cm³/mol.